The van der Waals surface area contributed by atoms with E-state index in [2.05, 4.69) is 26.0 Å². The molecule has 4 aliphatic rings. The lowest BCUT2D eigenvalue weighted by Gasteiger charge is -2.57. The molecule has 0 aliphatic heterocycles. The molecule has 0 amide bonds. The van der Waals surface area contributed by atoms with Gasteiger partial charge >= 0.3 is 11.9 Å². The standard InChI is InChI=1S/C25H34O5/c1-15(26)29-14-23(28)22-8-7-20-19-6-5-17-13-18(30-16(2)27)9-11-24(17,3)21(19)10-12-25(20,22)4/h5,8,18-21H,6-7,9-14H2,1-4H3. The van der Waals surface area contributed by atoms with Gasteiger partial charge in [0, 0.05) is 25.8 Å². The van der Waals surface area contributed by atoms with Gasteiger partial charge in [-0.15, -0.1) is 0 Å². The molecule has 0 bridgehead atoms. The molecule has 30 heavy (non-hydrogen) atoms. The molecule has 2 saturated carbocycles. The van der Waals surface area contributed by atoms with Gasteiger partial charge in [0.2, 0.25) is 0 Å². The molecule has 164 valence electrons. The van der Waals surface area contributed by atoms with Crippen LogP contribution in [0.1, 0.15) is 72.6 Å². The summed E-state index contributed by atoms with van der Waals surface area (Å²) in [7, 11) is 0. The first-order valence-electron chi connectivity index (χ1n) is 11.4. The fraction of sp³-hybridized carbons (Fsp3) is 0.720. The molecular weight excluding hydrogens is 380 g/mol. The summed E-state index contributed by atoms with van der Waals surface area (Å²) in [6.45, 7) is 7.36. The van der Waals surface area contributed by atoms with Gasteiger partial charge in [-0.25, -0.2) is 0 Å². The average molecular weight is 415 g/mol. The molecule has 5 nitrogen and oxygen atoms in total. The highest BCUT2D eigenvalue weighted by atomic mass is 16.5. The molecule has 0 radical (unpaired) electrons. The molecule has 4 rings (SSSR count). The molecule has 0 N–H and O–H groups in total. The Balaban J connectivity index is 1.52. The van der Waals surface area contributed by atoms with Crippen molar-refractivity contribution in [1.82, 2.24) is 0 Å². The number of carbonyl (C=O) groups excluding carboxylic acids is 3. The van der Waals surface area contributed by atoms with Crippen molar-refractivity contribution in [1.29, 1.82) is 0 Å². The van der Waals surface area contributed by atoms with E-state index in [1.54, 1.807) is 0 Å². The van der Waals surface area contributed by atoms with Crippen LogP contribution in [0, 0.1) is 28.6 Å². The summed E-state index contributed by atoms with van der Waals surface area (Å²) in [6, 6.07) is 0. The highest BCUT2D eigenvalue weighted by Crippen LogP contribution is 2.65. The van der Waals surface area contributed by atoms with Crippen LogP contribution in [0.25, 0.3) is 0 Å². The Hall–Kier alpha value is -1.91. The van der Waals surface area contributed by atoms with Crippen molar-refractivity contribution in [2.75, 3.05) is 6.61 Å². The Labute approximate surface area is 179 Å². The minimum absolute atomic E-state index is 0.0193. The van der Waals surface area contributed by atoms with Crippen molar-refractivity contribution in [3.05, 3.63) is 23.3 Å². The van der Waals surface area contributed by atoms with Gasteiger partial charge in [0.15, 0.2) is 12.4 Å². The third-order valence-corrected chi connectivity index (χ3v) is 8.68. The molecule has 0 saturated heterocycles. The summed E-state index contributed by atoms with van der Waals surface area (Å²) in [5.41, 5.74) is 2.41. The van der Waals surface area contributed by atoms with Crippen molar-refractivity contribution >= 4 is 17.7 Å². The molecule has 4 aliphatic carbocycles. The van der Waals surface area contributed by atoms with E-state index >= 15 is 0 Å². The van der Waals surface area contributed by atoms with Crippen LogP contribution in [-0.4, -0.2) is 30.4 Å². The van der Waals surface area contributed by atoms with E-state index in [0.29, 0.717) is 17.8 Å². The number of hydrogen-bond acceptors (Lipinski definition) is 5. The smallest absolute Gasteiger partial charge is 0.303 e. The molecule has 0 aromatic carbocycles. The van der Waals surface area contributed by atoms with Gasteiger partial charge < -0.3 is 9.47 Å². The van der Waals surface area contributed by atoms with E-state index in [0.717, 1.165) is 50.5 Å². The van der Waals surface area contributed by atoms with Crippen molar-refractivity contribution in [3.8, 4) is 0 Å². The van der Waals surface area contributed by atoms with Crippen LogP contribution in [0.3, 0.4) is 0 Å². The fourth-order valence-electron chi connectivity index (χ4n) is 7.21. The summed E-state index contributed by atoms with van der Waals surface area (Å²) in [4.78, 5) is 35.3. The summed E-state index contributed by atoms with van der Waals surface area (Å²) in [5, 5.41) is 0. The van der Waals surface area contributed by atoms with Crippen LogP contribution in [0.2, 0.25) is 0 Å². The number of Topliss-reactive ketones (excluding diaryl/α,β-unsaturated/α-hetero) is 1. The predicted octanol–water partition coefficient (Wildman–Crippen LogP) is 4.55. The van der Waals surface area contributed by atoms with E-state index in [9.17, 15) is 14.4 Å². The zero-order valence-electron chi connectivity index (χ0n) is 18.7. The minimum Gasteiger partial charge on any atom is -0.462 e. The second-order valence-electron chi connectivity index (χ2n) is 10.2. The second kappa shape index (κ2) is 7.65. The van der Waals surface area contributed by atoms with Crippen LogP contribution >= 0.6 is 0 Å². The van der Waals surface area contributed by atoms with Gasteiger partial charge in [-0.05, 0) is 67.1 Å². The summed E-state index contributed by atoms with van der Waals surface area (Å²) in [6.07, 6.45) is 11.5. The number of esters is 2. The first-order valence-corrected chi connectivity index (χ1v) is 11.4. The molecule has 6 atom stereocenters. The van der Waals surface area contributed by atoms with Gasteiger partial charge in [-0.1, -0.05) is 31.6 Å². The Bertz CT molecular complexity index is 823. The molecule has 0 aromatic heterocycles. The lowest BCUT2D eigenvalue weighted by molar-refractivity contribution is -0.148. The van der Waals surface area contributed by atoms with E-state index in [1.807, 2.05) is 0 Å². The van der Waals surface area contributed by atoms with Crippen molar-refractivity contribution in [2.24, 2.45) is 28.6 Å². The predicted molar refractivity (Wildman–Crippen MR) is 112 cm³/mol. The number of allylic oxidation sites excluding steroid dienone is 2. The van der Waals surface area contributed by atoms with Gasteiger partial charge in [-0.3, -0.25) is 14.4 Å². The third kappa shape index (κ3) is 3.44. The summed E-state index contributed by atoms with van der Waals surface area (Å²) >= 11 is 0. The molecule has 2 fully saturated rings. The quantitative estimate of drug-likeness (QED) is 0.499. The monoisotopic (exact) mass is 414 g/mol. The largest absolute Gasteiger partial charge is 0.462 e. The van der Waals surface area contributed by atoms with E-state index < -0.39 is 5.97 Å². The maximum atomic E-state index is 12.8. The van der Waals surface area contributed by atoms with Gasteiger partial charge in [0.05, 0.1) is 0 Å². The van der Waals surface area contributed by atoms with E-state index in [1.165, 1.54) is 19.4 Å². The van der Waals surface area contributed by atoms with E-state index in [-0.39, 0.29) is 35.3 Å². The summed E-state index contributed by atoms with van der Waals surface area (Å²) < 4.78 is 10.5. The lowest BCUT2D eigenvalue weighted by atomic mass is 9.47. The Morgan fingerprint density at radius 2 is 1.70 bits per heavy atom. The van der Waals surface area contributed by atoms with E-state index in [4.69, 9.17) is 9.47 Å². The number of ketones is 1. The van der Waals surface area contributed by atoms with Crippen molar-refractivity contribution < 1.29 is 23.9 Å². The van der Waals surface area contributed by atoms with Crippen LogP contribution in [0.5, 0.6) is 0 Å². The number of carbonyl (C=O) groups is 3. The highest BCUT2D eigenvalue weighted by Gasteiger charge is 2.57. The molecule has 6 unspecified atom stereocenters. The number of ether oxygens (including phenoxy) is 2. The fourth-order valence-corrected chi connectivity index (χ4v) is 7.21. The minimum atomic E-state index is -0.408. The normalized spacial score (nSPS) is 39.6. The molecule has 0 aromatic rings. The first kappa shape index (κ1) is 21.3. The number of fused-ring (bicyclic) bond motifs is 5. The van der Waals surface area contributed by atoms with Gasteiger partial charge in [0.1, 0.15) is 6.10 Å². The highest BCUT2D eigenvalue weighted by molar-refractivity contribution is 5.99. The van der Waals surface area contributed by atoms with Gasteiger partial charge in [0.25, 0.3) is 0 Å². The maximum Gasteiger partial charge on any atom is 0.303 e. The SMILES string of the molecule is CC(=O)OCC(=O)C1=CCC2C3CC=C4CC(OC(C)=O)CCC4(C)C3CCC12C. The van der Waals surface area contributed by atoms with Crippen LogP contribution < -0.4 is 0 Å². The number of rotatable bonds is 4. The van der Waals surface area contributed by atoms with Crippen LogP contribution in [0.4, 0.5) is 0 Å². The number of hydrogen-bond donors (Lipinski definition) is 0. The Morgan fingerprint density at radius 3 is 2.40 bits per heavy atom. The molecule has 0 spiro atoms. The second-order valence-corrected chi connectivity index (χ2v) is 10.2. The first-order chi connectivity index (χ1) is 14.1. The maximum absolute atomic E-state index is 12.8. The van der Waals surface area contributed by atoms with Crippen LogP contribution in [-0.2, 0) is 23.9 Å². The summed E-state index contributed by atoms with van der Waals surface area (Å²) in [5.74, 6) is 1.02. The molecule has 0 heterocycles. The molecule has 5 heteroatoms. The van der Waals surface area contributed by atoms with Gasteiger partial charge in [-0.2, -0.15) is 0 Å². The van der Waals surface area contributed by atoms with Crippen LogP contribution in [0.15, 0.2) is 23.3 Å². The third-order valence-electron chi connectivity index (χ3n) is 8.68. The van der Waals surface area contributed by atoms with Crippen molar-refractivity contribution in [3.63, 3.8) is 0 Å². The lowest BCUT2D eigenvalue weighted by Crippen LogP contribution is -2.50. The zero-order chi connectivity index (χ0) is 21.7. The molecular formula is C25H34O5. The zero-order valence-corrected chi connectivity index (χ0v) is 18.7. The Morgan fingerprint density at radius 1 is 0.967 bits per heavy atom. The topological polar surface area (TPSA) is 69.7 Å². The van der Waals surface area contributed by atoms with Crippen molar-refractivity contribution in [2.45, 2.75) is 78.7 Å². The average Bonchev–Trinajstić information content (AvgIpc) is 3.03. The Kier molecular flexibility index (Phi) is 5.44.